The molecule has 2 N–H and O–H groups in total. The molecule has 0 aliphatic rings. The molecule has 0 aliphatic heterocycles. The second-order valence-corrected chi connectivity index (χ2v) is 7.19. The Hall–Kier alpha value is -2.04. The number of aryl methyl sites for hydroxylation is 1. The van der Waals surface area contributed by atoms with Crippen molar-refractivity contribution in [2.24, 2.45) is 0 Å². The molecule has 0 aromatic heterocycles. The number of benzene rings is 2. The highest BCUT2D eigenvalue weighted by molar-refractivity contribution is 7.98. The van der Waals surface area contributed by atoms with E-state index in [9.17, 15) is 9.90 Å². The van der Waals surface area contributed by atoms with Crippen LogP contribution in [0.1, 0.15) is 24.5 Å². The summed E-state index contributed by atoms with van der Waals surface area (Å²) in [5.74, 6) is -0.200. The Labute approximate surface area is 154 Å². The molecule has 1 amide bonds. The highest BCUT2D eigenvalue weighted by atomic mass is 32.2. The number of amides is 1. The van der Waals surface area contributed by atoms with Crippen LogP contribution in [0.15, 0.2) is 65.6 Å². The molecule has 2 rings (SSSR count). The number of hydrogen-bond donors (Lipinski definition) is 2. The highest BCUT2D eigenvalue weighted by Crippen LogP contribution is 2.16. The van der Waals surface area contributed by atoms with Gasteiger partial charge in [0.2, 0.25) is 5.91 Å². The van der Waals surface area contributed by atoms with Crippen LogP contribution in [0.4, 0.5) is 0 Å². The van der Waals surface area contributed by atoms with Gasteiger partial charge in [0, 0.05) is 17.5 Å². The molecular weight excluding hydrogens is 330 g/mol. The second-order valence-electron chi connectivity index (χ2n) is 6.31. The van der Waals surface area contributed by atoms with E-state index in [1.54, 1.807) is 24.8 Å². The summed E-state index contributed by atoms with van der Waals surface area (Å²) in [7, 11) is 0. The van der Waals surface area contributed by atoms with Crippen LogP contribution in [-0.4, -0.2) is 29.4 Å². The standard InChI is InChI=1S/C21H25NO2S/c1-21(24,15-14-17-6-4-3-5-7-17)16-22-20(23)13-10-18-8-11-19(25-2)12-9-18/h3-13,24H,14-16H2,1-2H3,(H,22,23)/b13-10+/t21-/m0/s1. The van der Waals surface area contributed by atoms with Crippen molar-refractivity contribution in [1.29, 1.82) is 0 Å². The van der Waals surface area contributed by atoms with Gasteiger partial charge in [-0.1, -0.05) is 42.5 Å². The van der Waals surface area contributed by atoms with Gasteiger partial charge in [0.1, 0.15) is 0 Å². The van der Waals surface area contributed by atoms with Gasteiger partial charge in [0.25, 0.3) is 0 Å². The molecular formula is C21H25NO2S. The van der Waals surface area contributed by atoms with Crippen LogP contribution in [0.2, 0.25) is 0 Å². The van der Waals surface area contributed by atoms with E-state index < -0.39 is 5.60 Å². The first kappa shape index (κ1) is 19.3. The van der Waals surface area contributed by atoms with Crippen LogP contribution >= 0.6 is 11.8 Å². The van der Waals surface area contributed by atoms with Crippen LogP contribution in [0.25, 0.3) is 6.08 Å². The number of carbonyl (C=O) groups excluding carboxylic acids is 1. The molecule has 2 aromatic rings. The minimum absolute atomic E-state index is 0.200. The molecule has 0 saturated heterocycles. The predicted octanol–water partition coefficient (Wildman–Crippen LogP) is 3.92. The zero-order valence-electron chi connectivity index (χ0n) is 14.7. The fourth-order valence-corrected chi connectivity index (χ4v) is 2.78. The molecule has 0 heterocycles. The van der Waals surface area contributed by atoms with Gasteiger partial charge < -0.3 is 10.4 Å². The highest BCUT2D eigenvalue weighted by Gasteiger charge is 2.20. The average Bonchev–Trinajstić information content (AvgIpc) is 2.64. The molecule has 132 valence electrons. The maximum Gasteiger partial charge on any atom is 0.244 e. The molecule has 4 heteroatoms. The minimum atomic E-state index is -0.931. The summed E-state index contributed by atoms with van der Waals surface area (Å²) >= 11 is 1.68. The molecule has 2 aromatic carbocycles. The first-order valence-corrected chi connectivity index (χ1v) is 9.57. The number of aliphatic hydroxyl groups is 1. The van der Waals surface area contributed by atoms with Gasteiger partial charge in [-0.2, -0.15) is 0 Å². The summed E-state index contributed by atoms with van der Waals surface area (Å²) in [6.07, 6.45) is 6.68. The van der Waals surface area contributed by atoms with Crippen molar-refractivity contribution in [3.05, 3.63) is 71.8 Å². The lowest BCUT2D eigenvalue weighted by Crippen LogP contribution is -2.40. The van der Waals surface area contributed by atoms with Crippen LogP contribution in [0.3, 0.4) is 0 Å². The molecule has 0 aliphatic carbocycles. The summed E-state index contributed by atoms with van der Waals surface area (Å²) in [4.78, 5) is 13.1. The van der Waals surface area contributed by atoms with Crippen LogP contribution in [-0.2, 0) is 11.2 Å². The Kier molecular flexibility index (Phi) is 7.29. The van der Waals surface area contributed by atoms with E-state index in [2.05, 4.69) is 5.32 Å². The molecule has 0 saturated carbocycles. The normalized spacial score (nSPS) is 13.6. The van der Waals surface area contributed by atoms with Crippen molar-refractivity contribution >= 4 is 23.7 Å². The fraction of sp³-hybridized carbons (Fsp3) is 0.286. The number of rotatable bonds is 8. The van der Waals surface area contributed by atoms with E-state index in [1.807, 2.05) is 60.9 Å². The van der Waals surface area contributed by atoms with Gasteiger partial charge >= 0.3 is 0 Å². The van der Waals surface area contributed by atoms with Crippen LogP contribution < -0.4 is 5.32 Å². The van der Waals surface area contributed by atoms with Crippen molar-refractivity contribution in [1.82, 2.24) is 5.32 Å². The lowest BCUT2D eigenvalue weighted by atomic mass is 9.97. The second kappa shape index (κ2) is 9.44. The molecule has 0 unspecified atom stereocenters. The zero-order valence-corrected chi connectivity index (χ0v) is 15.6. The topological polar surface area (TPSA) is 49.3 Å². The lowest BCUT2D eigenvalue weighted by molar-refractivity contribution is -0.117. The van der Waals surface area contributed by atoms with Crippen molar-refractivity contribution < 1.29 is 9.90 Å². The van der Waals surface area contributed by atoms with Crippen LogP contribution in [0, 0.1) is 0 Å². The Balaban J connectivity index is 1.78. The third-order valence-electron chi connectivity index (χ3n) is 3.98. The Bertz CT molecular complexity index is 694. The fourth-order valence-electron chi connectivity index (χ4n) is 2.37. The van der Waals surface area contributed by atoms with Crippen molar-refractivity contribution in [3.8, 4) is 0 Å². The molecule has 1 atom stereocenters. The van der Waals surface area contributed by atoms with E-state index >= 15 is 0 Å². The summed E-state index contributed by atoms with van der Waals surface area (Å²) in [5.41, 5.74) is 1.23. The molecule has 0 bridgehead atoms. The van der Waals surface area contributed by atoms with Crippen molar-refractivity contribution in [2.75, 3.05) is 12.8 Å². The first-order valence-electron chi connectivity index (χ1n) is 8.35. The van der Waals surface area contributed by atoms with E-state index in [4.69, 9.17) is 0 Å². The summed E-state index contributed by atoms with van der Waals surface area (Å²) in [5, 5.41) is 13.2. The third kappa shape index (κ3) is 7.16. The predicted molar refractivity (Wildman–Crippen MR) is 106 cm³/mol. The smallest absolute Gasteiger partial charge is 0.244 e. The Morgan fingerprint density at radius 1 is 1.16 bits per heavy atom. The van der Waals surface area contributed by atoms with E-state index in [-0.39, 0.29) is 12.5 Å². The van der Waals surface area contributed by atoms with Gasteiger partial charge in [-0.3, -0.25) is 4.79 Å². The van der Waals surface area contributed by atoms with Crippen molar-refractivity contribution in [3.63, 3.8) is 0 Å². The Morgan fingerprint density at radius 2 is 1.84 bits per heavy atom. The van der Waals surface area contributed by atoms with Gasteiger partial charge in [0.15, 0.2) is 0 Å². The zero-order chi connectivity index (χ0) is 18.1. The SMILES string of the molecule is CSc1ccc(/C=C/C(=O)NC[C@@](C)(O)CCc2ccccc2)cc1. The van der Waals surface area contributed by atoms with Gasteiger partial charge in [-0.05, 0) is 55.4 Å². The quantitative estimate of drug-likeness (QED) is 0.557. The number of thioether (sulfide) groups is 1. The number of carbonyl (C=O) groups is 1. The van der Waals surface area contributed by atoms with Gasteiger partial charge in [0.05, 0.1) is 5.60 Å². The third-order valence-corrected chi connectivity index (χ3v) is 4.73. The molecule has 0 spiro atoms. The van der Waals surface area contributed by atoms with E-state index in [0.717, 1.165) is 12.0 Å². The number of hydrogen-bond acceptors (Lipinski definition) is 3. The average molecular weight is 356 g/mol. The maximum absolute atomic E-state index is 11.9. The maximum atomic E-state index is 11.9. The largest absolute Gasteiger partial charge is 0.388 e. The monoisotopic (exact) mass is 355 g/mol. The summed E-state index contributed by atoms with van der Waals surface area (Å²) in [6.45, 7) is 1.98. The van der Waals surface area contributed by atoms with Gasteiger partial charge in [-0.15, -0.1) is 11.8 Å². The van der Waals surface area contributed by atoms with Gasteiger partial charge in [-0.25, -0.2) is 0 Å². The lowest BCUT2D eigenvalue weighted by Gasteiger charge is -2.23. The summed E-state index contributed by atoms with van der Waals surface area (Å²) in [6, 6.07) is 18.0. The van der Waals surface area contributed by atoms with Crippen molar-refractivity contribution in [2.45, 2.75) is 30.3 Å². The van der Waals surface area contributed by atoms with E-state index in [0.29, 0.717) is 6.42 Å². The first-order chi connectivity index (χ1) is 12.0. The summed E-state index contributed by atoms with van der Waals surface area (Å²) < 4.78 is 0. The van der Waals surface area contributed by atoms with E-state index in [1.165, 1.54) is 16.5 Å². The number of nitrogens with one attached hydrogen (secondary N) is 1. The molecule has 3 nitrogen and oxygen atoms in total. The van der Waals surface area contributed by atoms with Crippen LogP contribution in [0.5, 0.6) is 0 Å². The molecule has 0 fully saturated rings. The molecule has 25 heavy (non-hydrogen) atoms. The molecule has 0 radical (unpaired) electrons. The minimum Gasteiger partial charge on any atom is -0.388 e. The Morgan fingerprint density at radius 3 is 2.48 bits per heavy atom.